The van der Waals surface area contributed by atoms with Gasteiger partial charge in [-0.25, -0.2) is 0 Å². The second-order valence-corrected chi connectivity index (χ2v) is 3.81. The Morgan fingerprint density at radius 2 is 1.92 bits per heavy atom. The van der Waals surface area contributed by atoms with Crippen molar-refractivity contribution >= 4 is 5.97 Å². The van der Waals surface area contributed by atoms with Crippen molar-refractivity contribution in [3.05, 3.63) is 0 Å². The van der Waals surface area contributed by atoms with Crippen LogP contribution in [-0.4, -0.2) is 18.1 Å². The lowest BCUT2D eigenvalue weighted by molar-refractivity contribution is -0.151. The summed E-state index contributed by atoms with van der Waals surface area (Å²) in [6.07, 6.45) is 1.91. The number of carbonyl (C=O) groups is 1. The van der Waals surface area contributed by atoms with Crippen molar-refractivity contribution in [3.63, 3.8) is 0 Å². The number of nitrogens with two attached hydrogens (primary N) is 1. The smallest absolute Gasteiger partial charge is 0.323 e. The van der Waals surface area contributed by atoms with Crippen molar-refractivity contribution in [2.45, 2.75) is 52.7 Å². The summed E-state index contributed by atoms with van der Waals surface area (Å²) in [7, 11) is 0. The molecule has 0 saturated carbocycles. The highest BCUT2D eigenvalue weighted by Gasteiger charge is 2.20. The number of esters is 1. The molecule has 0 aromatic heterocycles. The highest BCUT2D eigenvalue weighted by Crippen LogP contribution is 2.06. The van der Waals surface area contributed by atoms with E-state index in [4.69, 9.17) is 10.5 Å². The summed E-state index contributed by atoms with van der Waals surface area (Å²) in [6.45, 7) is 7.79. The van der Waals surface area contributed by atoms with Crippen LogP contribution in [0.1, 0.15) is 40.5 Å². The summed E-state index contributed by atoms with van der Waals surface area (Å²) < 4.78 is 5.15. The molecule has 0 rings (SSSR count). The molecule has 0 spiro atoms. The lowest BCUT2D eigenvalue weighted by atomic mass is 10.1. The maximum absolute atomic E-state index is 11.3. The van der Waals surface area contributed by atoms with E-state index in [0.29, 0.717) is 0 Å². The van der Waals surface area contributed by atoms with Crippen molar-refractivity contribution in [3.8, 4) is 0 Å². The number of hydrogen-bond donors (Lipinski definition) is 1. The lowest BCUT2D eigenvalue weighted by Gasteiger charge is -2.18. The van der Waals surface area contributed by atoms with Crippen LogP contribution >= 0.6 is 0 Å². The van der Waals surface area contributed by atoms with Gasteiger partial charge in [-0.1, -0.05) is 27.2 Å². The lowest BCUT2D eigenvalue weighted by Crippen LogP contribution is -2.38. The molecule has 2 N–H and O–H groups in total. The maximum atomic E-state index is 11.3. The Bertz CT molecular complexity index is 157. The molecule has 3 nitrogen and oxygen atoms in total. The summed E-state index contributed by atoms with van der Waals surface area (Å²) in [5.74, 6) is -0.141. The van der Waals surface area contributed by atoms with Gasteiger partial charge in [-0.2, -0.15) is 0 Å². The second-order valence-electron chi connectivity index (χ2n) is 3.81. The van der Waals surface area contributed by atoms with Crippen LogP contribution in [0.25, 0.3) is 0 Å². The zero-order chi connectivity index (χ0) is 10.4. The van der Waals surface area contributed by atoms with E-state index < -0.39 is 6.04 Å². The predicted octanol–water partition coefficient (Wildman–Crippen LogP) is 1.70. The highest BCUT2D eigenvalue weighted by atomic mass is 16.5. The largest absolute Gasteiger partial charge is 0.462 e. The van der Waals surface area contributed by atoms with Crippen molar-refractivity contribution in [2.24, 2.45) is 11.7 Å². The molecule has 0 radical (unpaired) electrons. The number of rotatable bonds is 5. The van der Waals surface area contributed by atoms with Gasteiger partial charge < -0.3 is 10.5 Å². The highest BCUT2D eigenvalue weighted by molar-refractivity contribution is 5.75. The van der Waals surface area contributed by atoms with Gasteiger partial charge in [0.1, 0.15) is 6.04 Å². The normalized spacial score (nSPS) is 15.5. The van der Waals surface area contributed by atoms with E-state index in [2.05, 4.69) is 6.92 Å². The zero-order valence-electron chi connectivity index (χ0n) is 9.04. The molecule has 0 heterocycles. The van der Waals surface area contributed by atoms with Gasteiger partial charge >= 0.3 is 5.97 Å². The van der Waals surface area contributed by atoms with Crippen molar-refractivity contribution < 1.29 is 9.53 Å². The van der Waals surface area contributed by atoms with Gasteiger partial charge in [0.25, 0.3) is 0 Å². The van der Waals surface area contributed by atoms with Gasteiger partial charge in [0.15, 0.2) is 0 Å². The summed E-state index contributed by atoms with van der Waals surface area (Å²) in [4.78, 5) is 11.3. The van der Waals surface area contributed by atoms with E-state index in [1.807, 2.05) is 20.8 Å². The fraction of sp³-hybridized carbons (Fsp3) is 0.900. The quantitative estimate of drug-likeness (QED) is 0.666. The summed E-state index contributed by atoms with van der Waals surface area (Å²) in [5.41, 5.74) is 5.63. The molecule has 78 valence electrons. The van der Waals surface area contributed by atoms with Gasteiger partial charge in [-0.15, -0.1) is 0 Å². The number of carbonyl (C=O) groups excluding carboxylic acids is 1. The van der Waals surface area contributed by atoms with E-state index in [0.717, 1.165) is 12.8 Å². The Morgan fingerprint density at radius 3 is 2.31 bits per heavy atom. The van der Waals surface area contributed by atoms with E-state index in [1.165, 1.54) is 0 Å². The van der Waals surface area contributed by atoms with Gasteiger partial charge in [0.05, 0.1) is 6.10 Å². The first-order valence-electron chi connectivity index (χ1n) is 4.95. The van der Waals surface area contributed by atoms with E-state index in [1.54, 1.807) is 0 Å². The summed E-state index contributed by atoms with van der Waals surface area (Å²) >= 11 is 0. The average molecular weight is 187 g/mol. The van der Waals surface area contributed by atoms with Crippen LogP contribution in [0.15, 0.2) is 0 Å². The topological polar surface area (TPSA) is 52.3 Å². The number of ether oxygens (including phenoxy) is 1. The molecule has 0 bridgehead atoms. The van der Waals surface area contributed by atoms with Gasteiger partial charge in [0, 0.05) is 0 Å². The minimum atomic E-state index is -0.487. The minimum absolute atomic E-state index is 0.0118. The van der Waals surface area contributed by atoms with Crippen LogP contribution in [0, 0.1) is 5.92 Å². The van der Waals surface area contributed by atoms with Crippen LogP contribution in [0.4, 0.5) is 0 Å². The molecular formula is C10H21NO2. The first kappa shape index (κ1) is 12.4. The molecule has 13 heavy (non-hydrogen) atoms. The van der Waals surface area contributed by atoms with Gasteiger partial charge in [-0.3, -0.25) is 4.79 Å². The maximum Gasteiger partial charge on any atom is 0.323 e. The standard InChI is InChI=1S/C10H21NO2/c1-5-6-8(4)13-10(12)9(11)7(2)3/h7-9H,5-6,11H2,1-4H3/t8?,9-/m1/s1. The summed E-state index contributed by atoms with van der Waals surface area (Å²) in [5, 5.41) is 0. The molecule has 0 aromatic rings. The van der Waals surface area contributed by atoms with Crippen molar-refractivity contribution in [2.75, 3.05) is 0 Å². The van der Waals surface area contributed by atoms with Crippen LogP contribution < -0.4 is 5.73 Å². The third kappa shape index (κ3) is 4.88. The summed E-state index contributed by atoms with van der Waals surface area (Å²) in [6, 6.07) is -0.487. The molecule has 2 atom stereocenters. The molecule has 1 unspecified atom stereocenters. The molecule has 0 aromatic carbocycles. The van der Waals surface area contributed by atoms with Crippen molar-refractivity contribution in [1.29, 1.82) is 0 Å². The molecule has 0 aliphatic heterocycles. The Kier molecular flexibility index (Phi) is 5.71. The molecule has 0 saturated heterocycles. The third-order valence-electron chi connectivity index (χ3n) is 2.00. The Labute approximate surface area is 80.6 Å². The fourth-order valence-electron chi connectivity index (χ4n) is 1.01. The monoisotopic (exact) mass is 187 g/mol. The molecule has 0 amide bonds. The first-order valence-corrected chi connectivity index (χ1v) is 4.95. The minimum Gasteiger partial charge on any atom is -0.462 e. The molecule has 0 fully saturated rings. The van der Waals surface area contributed by atoms with Gasteiger partial charge in [0.2, 0.25) is 0 Å². The SMILES string of the molecule is CCCC(C)OC(=O)[C@H](N)C(C)C. The second kappa shape index (κ2) is 5.97. The molecule has 0 aliphatic carbocycles. The van der Waals surface area contributed by atoms with Crippen LogP contribution in [0.3, 0.4) is 0 Å². The van der Waals surface area contributed by atoms with E-state index in [-0.39, 0.29) is 18.0 Å². The molecular weight excluding hydrogens is 166 g/mol. The Balaban J connectivity index is 3.85. The average Bonchev–Trinajstić information content (AvgIpc) is 2.03. The van der Waals surface area contributed by atoms with E-state index >= 15 is 0 Å². The van der Waals surface area contributed by atoms with Crippen LogP contribution in [-0.2, 0) is 9.53 Å². The molecule has 0 aliphatic rings. The third-order valence-corrected chi connectivity index (χ3v) is 2.00. The fourth-order valence-corrected chi connectivity index (χ4v) is 1.01. The molecule has 3 heteroatoms. The van der Waals surface area contributed by atoms with Gasteiger partial charge in [-0.05, 0) is 19.3 Å². The first-order chi connectivity index (χ1) is 5.99. The Morgan fingerprint density at radius 1 is 1.38 bits per heavy atom. The number of hydrogen-bond acceptors (Lipinski definition) is 3. The van der Waals surface area contributed by atoms with E-state index in [9.17, 15) is 4.79 Å². The predicted molar refractivity (Wildman–Crippen MR) is 53.3 cm³/mol. The zero-order valence-corrected chi connectivity index (χ0v) is 9.04. The van der Waals surface area contributed by atoms with Crippen LogP contribution in [0.2, 0.25) is 0 Å². The van der Waals surface area contributed by atoms with Crippen LogP contribution in [0.5, 0.6) is 0 Å². The Hall–Kier alpha value is -0.570. The van der Waals surface area contributed by atoms with Crippen molar-refractivity contribution in [1.82, 2.24) is 0 Å².